The van der Waals surface area contributed by atoms with Crippen LogP contribution in [0, 0.1) is 13.8 Å². The van der Waals surface area contributed by atoms with Crippen LogP contribution in [0.3, 0.4) is 0 Å². The van der Waals surface area contributed by atoms with Crippen LogP contribution in [0.2, 0.25) is 0 Å². The van der Waals surface area contributed by atoms with Crippen LogP contribution in [0.4, 0.5) is 0 Å². The molecule has 3 aromatic rings. The molecule has 35 heavy (non-hydrogen) atoms. The van der Waals surface area contributed by atoms with Gasteiger partial charge in [-0.05, 0) is 55.7 Å². The number of nitrogens with zero attached hydrogens (tertiary/aromatic N) is 3. The molecule has 182 valence electrons. The Morgan fingerprint density at radius 2 is 1.26 bits per heavy atom. The van der Waals surface area contributed by atoms with Gasteiger partial charge in [-0.15, -0.1) is 0 Å². The third kappa shape index (κ3) is 5.93. The molecular formula is C28H31N3O4. The highest BCUT2D eigenvalue weighted by molar-refractivity contribution is 5.81. The number of aryl methyl sites for hydroxylation is 2. The summed E-state index contributed by atoms with van der Waals surface area (Å²) in [6.07, 6.45) is 2.24. The van der Waals surface area contributed by atoms with E-state index in [1.165, 1.54) is 0 Å². The summed E-state index contributed by atoms with van der Waals surface area (Å²) in [6, 6.07) is 13.2. The second kappa shape index (κ2) is 10.8. The van der Waals surface area contributed by atoms with E-state index in [1.807, 2.05) is 44.2 Å². The van der Waals surface area contributed by atoms with Crippen molar-refractivity contribution < 1.29 is 19.8 Å². The Morgan fingerprint density at radius 3 is 1.69 bits per heavy atom. The summed E-state index contributed by atoms with van der Waals surface area (Å²) in [5, 5.41) is 21.2. The van der Waals surface area contributed by atoms with Crippen molar-refractivity contribution in [2.24, 2.45) is 0 Å². The molecule has 2 aromatic carbocycles. The summed E-state index contributed by atoms with van der Waals surface area (Å²) in [5.74, 6) is 0.0684. The second-order valence-corrected chi connectivity index (χ2v) is 9.35. The summed E-state index contributed by atoms with van der Waals surface area (Å²) in [7, 11) is 0. The Hall–Kier alpha value is -3.55. The molecule has 0 fully saturated rings. The van der Waals surface area contributed by atoms with Gasteiger partial charge in [0.15, 0.2) is 12.6 Å². The van der Waals surface area contributed by atoms with Gasteiger partial charge in [-0.2, -0.15) is 0 Å². The monoisotopic (exact) mass is 473 g/mol. The van der Waals surface area contributed by atoms with Gasteiger partial charge in [-0.3, -0.25) is 24.4 Å². The van der Waals surface area contributed by atoms with Gasteiger partial charge in [0.2, 0.25) is 0 Å². The number of hydrogen-bond acceptors (Lipinski definition) is 7. The molecule has 1 aromatic heterocycles. The highest BCUT2D eigenvalue weighted by Gasteiger charge is 2.18. The standard InChI is InChI=1S/C28H31N3O4/c1-19-9-21(27(34)23(11-19)17-32)13-30-7-4-8-31(16-26-6-3-5-25(15-30)29-26)14-22-10-20(2)12-24(18-33)28(22)35/h3,5-6,9-12,17-18,34-35H,4,7-8,13-16H2,1-2H3. The number of phenolic OH excluding ortho intramolecular Hbond substituents is 2. The summed E-state index contributed by atoms with van der Waals surface area (Å²) in [6.45, 7) is 7.65. The molecule has 7 heteroatoms. The Kier molecular flexibility index (Phi) is 7.58. The number of rotatable bonds is 6. The molecule has 0 amide bonds. The quantitative estimate of drug-likeness (QED) is 0.520. The predicted molar refractivity (Wildman–Crippen MR) is 134 cm³/mol. The van der Waals surface area contributed by atoms with E-state index in [-0.39, 0.29) is 11.5 Å². The van der Waals surface area contributed by atoms with Gasteiger partial charge in [-0.25, -0.2) is 0 Å². The van der Waals surface area contributed by atoms with E-state index in [9.17, 15) is 19.8 Å². The number of aldehydes is 2. The van der Waals surface area contributed by atoms with Gasteiger partial charge in [-0.1, -0.05) is 18.2 Å². The number of fused-ring (bicyclic) bond motifs is 2. The van der Waals surface area contributed by atoms with Crippen molar-refractivity contribution in [1.82, 2.24) is 14.8 Å². The van der Waals surface area contributed by atoms with Gasteiger partial charge in [0.05, 0.1) is 22.5 Å². The minimum Gasteiger partial charge on any atom is -0.507 e. The van der Waals surface area contributed by atoms with Crippen molar-refractivity contribution in [1.29, 1.82) is 0 Å². The van der Waals surface area contributed by atoms with Crippen LogP contribution >= 0.6 is 0 Å². The fourth-order valence-electron chi connectivity index (χ4n) is 4.78. The van der Waals surface area contributed by atoms with Crippen LogP contribution in [0.25, 0.3) is 0 Å². The van der Waals surface area contributed by atoms with E-state index < -0.39 is 0 Å². The topological polar surface area (TPSA) is 94.0 Å². The van der Waals surface area contributed by atoms with Crippen molar-refractivity contribution >= 4 is 12.6 Å². The SMILES string of the molecule is Cc1cc(C=O)c(O)c(CN2CCCN(Cc3cc(C)cc(C=O)c3O)Cc3cccc(n3)C2)c1. The molecule has 2 N–H and O–H groups in total. The van der Waals surface area contributed by atoms with E-state index in [4.69, 9.17) is 4.98 Å². The van der Waals surface area contributed by atoms with E-state index >= 15 is 0 Å². The molecule has 1 aliphatic heterocycles. The van der Waals surface area contributed by atoms with E-state index in [0.717, 1.165) is 53.2 Å². The van der Waals surface area contributed by atoms with Crippen LogP contribution in [-0.2, 0) is 26.2 Å². The van der Waals surface area contributed by atoms with Gasteiger partial charge in [0, 0.05) is 50.4 Å². The number of phenols is 2. The van der Waals surface area contributed by atoms with Gasteiger partial charge < -0.3 is 10.2 Å². The zero-order valence-corrected chi connectivity index (χ0v) is 20.2. The van der Waals surface area contributed by atoms with Crippen LogP contribution in [-0.4, -0.2) is 50.7 Å². The van der Waals surface area contributed by atoms with Gasteiger partial charge in [0.25, 0.3) is 0 Å². The first-order valence-corrected chi connectivity index (χ1v) is 11.8. The highest BCUT2D eigenvalue weighted by Crippen LogP contribution is 2.27. The van der Waals surface area contributed by atoms with Crippen molar-refractivity contribution in [3.05, 3.63) is 87.2 Å². The lowest BCUT2D eigenvalue weighted by Crippen LogP contribution is -2.31. The maximum atomic E-state index is 11.4. The molecule has 0 saturated carbocycles. The number of benzene rings is 2. The van der Waals surface area contributed by atoms with Gasteiger partial charge >= 0.3 is 0 Å². The number of pyridine rings is 1. The largest absolute Gasteiger partial charge is 0.507 e. The average molecular weight is 474 g/mol. The predicted octanol–water partition coefficient (Wildman–Crippen LogP) is 4.14. The van der Waals surface area contributed by atoms with Crippen molar-refractivity contribution in [2.75, 3.05) is 13.1 Å². The normalized spacial score (nSPS) is 15.0. The van der Waals surface area contributed by atoms with Crippen LogP contribution in [0.1, 0.15) is 60.8 Å². The number of aromatic nitrogens is 1. The molecule has 0 atom stereocenters. The zero-order valence-electron chi connectivity index (χ0n) is 20.2. The van der Waals surface area contributed by atoms with Crippen molar-refractivity contribution in [3.8, 4) is 11.5 Å². The number of carbonyl (C=O) groups excluding carboxylic acids is 2. The van der Waals surface area contributed by atoms with Gasteiger partial charge in [0.1, 0.15) is 11.5 Å². The summed E-state index contributed by atoms with van der Waals surface area (Å²) in [4.78, 5) is 32.0. The van der Waals surface area contributed by atoms with Crippen LogP contribution in [0.15, 0.2) is 42.5 Å². The Balaban J connectivity index is 1.58. The molecule has 7 nitrogen and oxygen atoms in total. The fourth-order valence-corrected chi connectivity index (χ4v) is 4.78. The summed E-state index contributed by atoms with van der Waals surface area (Å²) < 4.78 is 0. The van der Waals surface area contributed by atoms with Crippen molar-refractivity contribution in [3.63, 3.8) is 0 Å². The lowest BCUT2D eigenvalue weighted by Gasteiger charge is -2.28. The third-order valence-electron chi connectivity index (χ3n) is 6.35. The molecular weight excluding hydrogens is 442 g/mol. The van der Waals surface area contributed by atoms with Crippen LogP contribution < -0.4 is 0 Å². The number of aromatic hydroxyl groups is 2. The Morgan fingerprint density at radius 1 is 0.800 bits per heavy atom. The van der Waals surface area contributed by atoms with E-state index in [2.05, 4.69) is 9.80 Å². The molecule has 1 aliphatic rings. The summed E-state index contributed by atoms with van der Waals surface area (Å²) in [5.41, 5.74) is 5.80. The molecule has 2 heterocycles. The number of hydrogen-bond donors (Lipinski definition) is 2. The lowest BCUT2D eigenvalue weighted by atomic mass is 10.0. The molecule has 0 spiro atoms. The lowest BCUT2D eigenvalue weighted by molar-refractivity contribution is 0.111. The van der Waals surface area contributed by atoms with E-state index in [0.29, 0.717) is 49.9 Å². The maximum absolute atomic E-state index is 11.4. The fraction of sp³-hybridized carbons (Fsp3) is 0.321. The molecule has 0 saturated heterocycles. The van der Waals surface area contributed by atoms with Crippen LogP contribution in [0.5, 0.6) is 11.5 Å². The Labute approximate surface area is 205 Å². The minimum atomic E-state index is 0.0342. The molecule has 0 radical (unpaired) electrons. The number of carbonyl (C=O) groups is 2. The zero-order chi connectivity index (χ0) is 24.9. The first-order valence-electron chi connectivity index (χ1n) is 11.8. The summed E-state index contributed by atoms with van der Waals surface area (Å²) >= 11 is 0. The molecule has 0 aliphatic carbocycles. The maximum Gasteiger partial charge on any atom is 0.153 e. The van der Waals surface area contributed by atoms with E-state index in [1.54, 1.807) is 12.1 Å². The highest BCUT2D eigenvalue weighted by atomic mass is 16.3. The average Bonchev–Trinajstić information content (AvgIpc) is 2.82. The van der Waals surface area contributed by atoms with Crippen molar-refractivity contribution in [2.45, 2.75) is 46.4 Å². The smallest absolute Gasteiger partial charge is 0.153 e. The molecule has 2 bridgehead atoms. The first kappa shape index (κ1) is 24.6. The minimum absolute atomic E-state index is 0.0342. The third-order valence-corrected chi connectivity index (χ3v) is 6.35. The molecule has 4 rings (SSSR count). The first-order chi connectivity index (χ1) is 16.9. The Bertz CT molecular complexity index is 1150. The molecule has 0 unspecified atom stereocenters. The second-order valence-electron chi connectivity index (χ2n) is 9.35.